The highest BCUT2D eigenvalue weighted by Gasteiger charge is 2.07. The number of amides is 1. The Labute approximate surface area is 89.5 Å². The first-order valence-corrected chi connectivity index (χ1v) is 5.11. The fraction of sp³-hybridized carbons (Fsp3) is 0.250. The molecule has 2 rings (SSSR count). The molecule has 2 N–H and O–H groups in total. The number of benzene rings is 1. The molecule has 0 unspecified atom stereocenters. The van der Waals surface area contributed by atoms with Crippen LogP contribution in [0.2, 0.25) is 0 Å². The molecule has 2 aromatic rings. The van der Waals surface area contributed by atoms with E-state index >= 15 is 0 Å². The van der Waals surface area contributed by atoms with Crippen LogP contribution in [0.5, 0.6) is 0 Å². The summed E-state index contributed by atoms with van der Waals surface area (Å²) in [6.45, 7) is 4.00. The first-order chi connectivity index (χ1) is 7.33. The summed E-state index contributed by atoms with van der Waals surface area (Å²) in [5, 5.41) is 3.57. The molecule has 15 heavy (non-hydrogen) atoms. The largest absolute Gasteiger partial charge is 0.361 e. The first-order valence-electron chi connectivity index (χ1n) is 5.11. The Bertz CT molecular complexity index is 446. The lowest BCUT2D eigenvalue weighted by atomic mass is 10.1. The number of H-pyrrole nitrogens is 1. The Hall–Kier alpha value is -1.77. The summed E-state index contributed by atoms with van der Waals surface area (Å²) in [5.74, 6) is -0.0507. The smallest absolute Gasteiger partial charge is 0.251 e. The normalized spacial score (nSPS) is 9.27. The first kappa shape index (κ1) is 11.3. The van der Waals surface area contributed by atoms with E-state index in [1.807, 2.05) is 44.3 Å². The van der Waals surface area contributed by atoms with Gasteiger partial charge >= 0.3 is 0 Å². The number of aromatic amines is 1. The molecule has 3 nitrogen and oxygen atoms in total. The van der Waals surface area contributed by atoms with E-state index in [-0.39, 0.29) is 5.91 Å². The van der Waals surface area contributed by atoms with E-state index in [1.54, 1.807) is 7.05 Å². The fourth-order valence-corrected chi connectivity index (χ4v) is 1.42. The van der Waals surface area contributed by atoms with Crippen LogP contribution in [0, 0.1) is 0 Å². The van der Waals surface area contributed by atoms with Crippen LogP contribution in [0.15, 0.2) is 30.5 Å². The number of nitrogens with one attached hydrogen (secondary N) is 2. The lowest BCUT2D eigenvalue weighted by molar-refractivity contribution is 0.0965. The molecule has 0 fully saturated rings. The molecule has 80 valence electrons. The van der Waals surface area contributed by atoms with Crippen molar-refractivity contribution in [1.82, 2.24) is 10.3 Å². The van der Waals surface area contributed by atoms with Crippen molar-refractivity contribution < 1.29 is 4.79 Å². The van der Waals surface area contributed by atoms with Gasteiger partial charge in [0.05, 0.1) is 0 Å². The average Bonchev–Trinajstić information content (AvgIpc) is 2.78. The minimum absolute atomic E-state index is 0.0507. The van der Waals surface area contributed by atoms with Gasteiger partial charge in [-0.05, 0) is 18.2 Å². The van der Waals surface area contributed by atoms with E-state index in [1.165, 1.54) is 0 Å². The molecule has 0 spiro atoms. The number of hydrogen-bond donors (Lipinski definition) is 2. The molecule has 1 amide bonds. The molecular weight excluding hydrogens is 188 g/mol. The van der Waals surface area contributed by atoms with Crippen LogP contribution in [0.25, 0.3) is 10.9 Å². The summed E-state index contributed by atoms with van der Waals surface area (Å²) in [4.78, 5) is 14.5. The number of carbonyl (C=O) groups excluding carboxylic acids is 1. The predicted octanol–water partition coefficient (Wildman–Crippen LogP) is 2.55. The topological polar surface area (TPSA) is 44.9 Å². The van der Waals surface area contributed by atoms with Gasteiger partial charge in [0.25, 0.3) is 5.91 Å². The van der Waals surface area contributed by atoms with Crippen LogP contribution >= 0.6 is 0 Å². The number of aromatic nitrogens is 1. The van der Waals surface area contributed by atoms with Gasteiger partial charge < -0.3 is 10.3 Å². The molecule has 0 aliphatic rings. The maximum Gasteiger partial charge on any atom is 0.251 e. The Morgan fingerprint density at radius 2 is 2.00 bits per heavy atom. The lowest BCUT2D eigenvalue weighted by Crippen LogP contribution is -2.17. The number of rotatable bonds is 1. The third-order valence-corrected chi connectivity index (χ3v) is 2.07. The van der Waals surface area contributed by atoms with Crippen molar-refractivity contribution in [1.29, 1.82) is 0 Å². The molecular formula is C12H16N2O. The molecule has 0 atom stereocenters. The second-order valence-electron chi connectivity index (χ2n) is 2.82. The van der Waals surface area contributed by atoms with Gasteiger partial charge in [0.15, 0.2) is 0 Å². The van der Waals surface area contributed by atoms with E-state index in [0.29, 0.717) is 5.56 Å². The van der Waals surface area contributed by atoms with Crippen LogP contribution in [-0.4, -0.2) is 17.9 Å². The second kappa shape index (κ2) is 5.20. The van der Waals surface area contributed by atoms with Crippen LogP contribution in [0.4, 0.5) is 0 Å². The summed E-state index contributed by atoms with van der Waals surface area (Å²) >= 11 is 0. The third kappa shape index (κ3) is 2.18. The van der Waals surface area contributed by atoms with Crippen LogP contribution in [-0.2, 0) is 0 Å². The predicted molar refractivity (Wildman–Crippen MR) is 63.0 cm³/mol. The summed E-state index contributed by atoms with van der Waals surface area (Å²) in [7, 11) is 1.63. The van der Waals surface area contributed by atoms with E-state index < -0.39 is 0 Å². The molecule has 0 aliphatic heterocycles. The van der Waals surface area contributed by atoms with E-state index in [9.17, 15) is 4.79 Å². The minimum Gasteiger partial charge on any atom is -0.361 e. The van der Waals surface area contributed by atoms with Crippen molar-refractivity contribution in [2.24, 2.45) is 0 Å². The highest BCUT2D eigenvalue weighted by molar-refractivity contribution is 6.06. The van der Waals surface area contributed by atoms with Gasteiger partial charge in [-0.15, -0.1) is 0 Å². The fourth-order valence-electron chi connectivity index (χ4n) is 1.42. The molecule has 1 heterocycles. The summed E-state index contributed by atoms with van der Waals surface area (Å²) in [5.41, 5.74) is 1.70. The van der Waals surface area contributed by atoms with Gasteiger partial charge in [0, 0.05) is 29.7 Å². The summed E-state index contributed by atoms with van der Waals surface area (Å²) < 4.78 is 0. The van der Waals surface area contributed by atoms with Gasteiger partial charge in [0.2, 0.25) is 0 Å². The van der Waals surface area contributed by atoms with Gasteiger partial charge in [-0.3, -0.25) is 4.79 Å². The van der Waals surface area contributed by atoms with Crippen LogP contribution < -0.4 is 5.32 Å². The van der Waals surface area contributed by atoms with E-state index in [2.05, 4.69) is 10.3 Å². The maximum atomic E-state index is 11.4. The van der Waals surface area contributed by atoms with Gasteiger partial charge in [-0.1, -0.05) is 19.9 Å². The van der Waals surface area contributed by atoms with Crippen LogP contribution in [0.1, 0.15) is 24.2 Å². The van der Waals surface area contributed by atoms with Crippen molar-refractivity contribution >= 4 is 16.8 Å². The SMILES string of the molecule is CC.CNC(=O)c1cccc2[nH]ccc12. The van der Waals surface area contributed by atoms with Crippen LogP contribution in [0.3, 0.4) is 0 Å². The van der Waals surface area contributed by atoms with Crippen molar-refractivity contribution in [3.8, 4) is 0 Å². The monoisotopic (exact) mass is 204 g/mol. The Kier molecular flexibility index (Phi) is 3.92. The molecule has 1 aromatic carbocycles. The Balaban J connectivity index is 0.000000531. The standard InChI is InChI=1S/C10H10N2O.C2H6/c1-11-10(13)8-3-2-4-9-7(8)5-6-12-9;1-2/h2-6,12H,1H3,(H,11,13);1-2H3. The Morgan fingerprint density at radius 3 is 2.67 bits per heavy atom. The molecule has 0 aliphatic carbocycles. The number of fused-ring (bicyclic) bond motifs is 1. The van der Waals surface area contributed by atoms with Crippen molar-refractivity contribution in [2.45, 2.75) is 13.8 Å². The average molecular weight is 204 g/mol. The molecule has 1 aromatic heterocycles. The van der Waals surface area contributed by atoms with Crippen molar-refractivity contribution in [2.75, 3.05) is 7.05 Å². The van der Waals surface area contributed by atoms with Gasteiger partial charge in [-0.2, -0.15) is 0 Å². The molecule has 0 bridgehead atoms. The molecule has 0 saturated carbocycles. The zero-order chi connectivity index (χ0) is 11.3. The Morgan fingerprint density at radius 1 is 1.27 bits per heavy atom. The molecule has 3 heteroatoms. The highest BCUT2D eigenvalue weighted by Crippen LogP contribution is 2.16. The van der Waals surface area contributed by atoms with Gasteiger partial charge in [0.1, 0.15) is 0 Å². The summed E-state index contributed by atoms with van der Waals surface area (Å²) in [6, 6.07) is 7.53. The lowest BCUT2D eigenvalue weighted by Gasteiger charge is -2.00. The number of hydrogen-bond acceptors (Lipinski definition) is 1. The zero-order valence-corrected chi connectivity index (χ0v) is 9.29. The van der Waals surface area contributed by atoms with Gasteiger partial charge in [-0.25, -0.2) is 0 Å². The minimum atomic E-state index is -0.0507. The third-order valence-electron chi connectivity index (χ3n) is 2.07. The van der Waals surface area contributed by atoms with Crippen molar-refractivity contribution in [3.63, 3.8) is 0 Å². The van der Waals surface area contributed by atoms with E-state index in [4.69, 9.17) is 0 Å². The second-order valence-corrected chi connectivity index (χ2v) is 2.82. The zero-order valence-electron chi connectivity index (χ0n) is 9.29. The summed E-state index contributed by atoms with van der Waals surface area (Å²) in [6.07, 6.45) is 1.83. The highest BCUT2D eigenvalue weighted by atomic mass is 16.1. The maximum absolute atomic E-state index is 11.4. The number of carbonyl (C=O) groups is 1. The molecule has 0 radical (unpaired) electrons. The van der Waals surface area contributed by atoms with E-state index in [0.717, 1.165) is 10.9 Å². The molecule has 0 saturated heterocycles. The quantitative estimate of drug-likeness (QED) is 0.736. The van der Waals surface area contributed by atoms with Crippen molar-refractivity contribution in [3.05, 3.63) is 36.0 Å².